The van der Waals surface area contributed by atoms with Crippen LogP contribution < -0.4 is 11.2 Å². The van der Waals surface area contributed by atoms with Crippen molar-refractivity contribution in [1.29, 1.82) is 0 Å². The minimum absolute atomic E-state index is 0.346. The van der Waals surface area contributed by atoms with Gasteiger partial charge in [0.25, 0.3) is 5.56 Å². The molecule has 114 valence electrons. The van der Waals surface area contributed by atoms with Gasteiger partial charge in [-0.2, -0.15) is 0 Å². The monoisotopic (exact) mass is 290 g/mol. The fourth-order valence-corrected chi connectivity index (χ4v) is 3.38. The Labute approximate surface area is 122 Å². The summed E-state index contributed by atoms with van der Waals surface area (Å²) in [6.45, 7) is 6.89. The van der Waals surface area contributed by atoms with Crippen molar-refractivity contribution in [3.05, 3.63) is 26.7 Å². The summed E-state index contributed by atoms with van der Waals surface area (Å²) in [7, 11) is 0. The van der Waals surface area contributed by atoms with Crippen LogP contribution in [-0.2, 0) is 0 Å². The van der Waals surface area contributed by atoms with Gasteiger partial charge in [-0.3, -0.25) is 14.8 Å². The van der Waals surface area contributed by atoms with Crippen molar-refractivity contribution in [2.75, 3.05) is 0 Å². The maximum absolute atomic E-state index is 11.7. The van der Waals surface area contributed by atoms with Gasteiger partial charge in [0.05, 0.1) is 0 Å². The molecule has 0 bridgehead atoms. The number of fused-ring (bicyclic) bond motifs is 1. The van der Waals surface area contributed by atoms with E-state index in [0.29, 0.717) is 22.5 Å². The van der Waals surface area contributed by atoms with Crippen LogP contribution in [-0.4, -0.2) is 19.9 Å². The Hall–Kier alpha value is -1.85. The Morgan fingerprint density at radius 2 is 1.67 bits per heavy atom. The third-order valence-electron chi connectivity index (χ3n) is 4.75. The van der Waals surface area contributed by atoms with Gasteiger partial charge in [-0.05, 0) is 37.0 Å². The van der Waals surface area contributed by atoms with E-state index in [1.807, 2.05) is 0 Å². The summed E-state index contributed by atoms with van der Waals surface area (Å²) in [6, 6.07) is 0. The summed E-state index contributed by atoms with van der Waals surface area (Å²) >= 11 is 0. The fourth-order valence-electron chi connectivity index (χ4n) is 3.38. The summed E-state index contributed by atoms with van der Waals surface area (Å²) in [5, 5.41) is 0. The third kappa shape index (κ3) is 2.66. The Morgan fingerprint density at radius 1 is 1.00 bits per heavy atom. The van der Waals surface area contributed by atoms with Gasteiger partial charge >= 0.3 is 5.69 Å². The van der Waals surface area contributed by atoms with Gasteiger partial charge in [0.15, 0.2) is 5.65 Å². The maximum atomic E-state index is 11.7. The first kappa shape index (κ1) is 14.1. The Balaban J connectivity index is 1.85. The molecule has 6 heteroatoms. The number of aromatic amines is 3. The van der Waals surface area contributed by atoms with Crippen molar-refractivity contribution in [3.8, 4) is 0 Å². The first-order valence-corrected chi connectivity index (χ1v) is 7.57. The van der Waals surface area contributed by atoms with Crippen LogP contribution in [0.2, 0.25) is 0 Å². The zero-order valence-corrected chi connectivity index (χ0v) is 12.7. The van der Waals surface area contributed by atoms with Gasteiger partial charge in [0, 0.05) is 5.92 Å². The smallest absolute Gasteiger partial charge is 0.327 e. The second-order valence-corrected chi connectivity index (χ2v) is 7.17. The molecular formula is C15H22N4O2. The molecule has 0 unspecified atom stereocenters. The predicted molar refractivity (Wildman–Crippen MR) is 81.5 cm³/mol. The van der Waals surface area contributed by atoms with E-state index in [-0.39, 0.29) is 0 Å². The third-order valence-corrected chi connectivity index (χ3v) is 4.75. The molecule has 0 spiro atoms. The molecule has 0 aliphatic heterocycles. The standard InChI is InChI=1S/C15H22N4O2/c1-15(2,3)9-6-4-8(5-7-9)11-16-10-12(17-11)18-14(21)19-13(10)20/h8-9H,4-7H2,1-3H3,(H3,16,17,18,19,20,21). The molecule has 1 aliphatic rings. The number of H-pyrrole nitrogens is 3. The number of nitrogens with one attached hydrogen (secondary N) is 3. The summed E-state index contributed by atoms with van der Waals surface area (Å²) in [4.78, 5) is 35.3. The number of aromatic nitrogens is 4. The van der Waals surface area contributed by atoms with E-state index in [1.54, 1.807) is 0 Å². The molecular weight excluding hydrogens is 268 g/mol. The highest BCUT2D eigenvalue weighted by Crippen LogP contribution is 2.42. The van der Waals surface area contributed by atoms with Crippen molar-refractivity contribution in [3.63, 3.8) is 0 Å². The average Bonchev–Trinajstić information content (AvgIpc) is 2.82. The molecule has 0 radical (unpaired) electrons. The molecule has 3 N–H and O–H groups in total. The van der Waals surface area contributed by atoms with E-state index < -0.39 is 11.2 Å². The average molecular weight is 290 g/mol. The molecule has 6 nitrogen and oxygen atoms in total. The molecule has 1 saturated carbocycles. The Morgan fingerprint density at radius 3 is 2.29 bits per heavy atom. The fraction of sp³-hybridized carbons (Fsp3) is 0.667. The predicted octanol–water partition coefficient (Wildman–Crippen LogP) is 2.26. The highest BCUT2D eigenvalue weighted by atomic mass is 16.2. The van der Waals surface area contributed by atoms with E-state index >= 15 is 0 Å². The van der Waals surface area contributed by atoms with Gasteiger partial charge < -0.3 is 4.98 Å². The number of hydrogen-bond acceptors (Lipinski definition) is 3. The SMILES string of the molecule is CC(C)(C)C1CCC(c2nc3[nH]c(=O)[nH]c(=O)c3[nH]2)CC1. The highest BCUT2D eigenvalue weighted by Gasteiger charge is 2.31. The van der Waals surface area contributed by atoms with Crippen LogP contribution in [0.5, 0.6) is 0 Å². The molecule has 21 heavy (non-hydrogen) atoms. The molecule has 1 fully saturated rings. The van der Waals surface area contributed by atoms with Crippen molar-refractivity contribution in [2.45, 2.75) is 52.4 Å². The van der Waals surface area contributed by atoms with E-state index in [1.165, 1.54) is 12.8 Å². The number of imidazole rings is 1. The summed E-state index contributed by atoms with van der Waals surface area (Å²) in [5.41, 5.74) is 0.151. The van der Waals surface area contributed by atoms with E-state index in [0.717, 1.165) is 24.6 Å². The minimum atomic E-state index is -0.512. The van der Waals surface area contributed by atoms with Crippen molar-refractivity contribution < 1.29 is 0 Å². The minimum Gasteiger partial charge on any atom is -0.336 e. The quantitative estimate of drug-likeness (QED) is 0.752. The lowest BCUT2D eigenvalue weighted by molar-refractivity contribution is 0.167. The molecule has 2 aromatic rings. The second kappa shape index (κ2) is 4.86. The van der Waals surface area contributed by atoms with Gasteiger partial charge in [0.2, 0.25) is 0 Å². The lowest BCUT2D eigenvalue weighted by Crippen LogP contribution is -2.25. The zero-order chi connectivity index (χ0) is 15.2. The van der Waals surface area contributed by atoms with Gasteiger partial charge in [-0.15, -0.1) is 0 Å². The Bertz CT molecular complexity index is 754. The lowest BCUT2D eigenvalue weighted by atomic mass is 9.70. The topological polar surface area (TPSA) is 94.4 Å². The molecule has 2 aromatic heterocycles. The number of nitrogens with zero attached hydrogens (tertiary/aromatic N) is 1. The summed E-state index contributed by atoms with van der Waals surface area (Å²) in [6.07, 6.45) is 4.50. The lowest BCUT2D eigenvalue weighted by Gasteiger charge is -2.36. The number of hydrogen-bond donors (Lipinski definition) is 3. The van der Waals surface area contributed by atoms with E-state index in [9.17, 15) is 9.59 Å². The first-order chi connectivity index (χ1) is 9.84. The molecule has 3 rings (SSSR count). The number of rotatable bonds is 1. The van der Waals surface area contributed by atoms with Crippen molar-refractivity contribution >= 4 is 11.2 Å². The van der Waals surface area contributed by atoms with Crippen LogP contribution in [0, 0.1) is 11.3 Å². The molecule has 2 heterocycles. The summed E-state index contributed by atoms with van der Waals surface area (Å²) in [5.74, 6) is 1.91. The van der Waals surface area contributed by atoms with Crippen LogP contribution in [0.3, 0.4) is 0 Å². The van der Waals surface area contributed by atoms with Gasteiger partial charge in [-0.25, -0.2) is 9.78 Å². The van der Waals surface area contributed by atoms with E-state index in [2.05, 4.69) is 40.7 Å². The second-order valence-electron chi connectivity index (χ2n) is 7.17. The van der Waals surface area contributed by atoms with Gasteiger partial charge in [-0.1, -0.05) is 20.8 Å². The largest absolute Gasteiger partial charge is 0.336 e. The molecule has 0 saturated heterocycles. The highest BCUT2D eigenvalue weighted by molar-refractivity contribution is 5.68. The van der Waals surface area contributed by atoms with Crippen LogP contribution in [0.4, 0.5) is 0 Å². The molecule has 0 aromatic carbocycles. The molecule has 1 aliphatic carbocycles. The zero-order valence-electron chi connectivity index (χ0n) is 12.7. The van der Waals surface area contributed by atoms with Crippen molar-refractivity contribution in [2.24, 2.45) is 11.3 Å². The van der Waals surface area contributed by atoms with Gasteiger partial charge in [0.1, 0.15) is 11.3 Å². The first-order valence-electron chi connectivity index (χ1n) is 7.57. The van der Waals surface area contributed by atoms with E-state index in [4.69, 9.17) is 0 Å². The van der Waals surface area contributed by atoms with Crippen LogP contribution in [0.1, 0.15) is 58.2 Å². The molecule has 0 amide bonds. The van der Waals surface area contributed by atoms with Crippen LogP contribution in [0.15, 0.2) is 9.59 Å². The summed E-state index contributed by atoms with van der Waals surface area (Å²) < 4.78 is 0. The normalized spacial score (nSPS) is 23.6. The van der Waals surface area contributed by atoms with Crippen LogP contribution in [0.25, 0.3) is 11.2 Å². The Kier molecular flexibility index (Phi) is 3.26. The van der Waals surface area contributed by atoms with Crippen molar-refractivity contribution in [1.82, 2.24) is 19.9 Å². The maximum Gasteiger partial charge on any atom is 0.327 e. The van der Waals surface area contributed by atoms with Crippen LogP contribution >= 0.6 is 0 Å². The molecule has 0 atom stereocenters.